The lowest BCUT2D eigenvalue weighted by Gasteiger charge is -2.16. The van der Waals surface area contributed by atoms with Gasteiger partial charge in [-0.15, -0.1) is 11.6 Å². The molecule has 1 rings (SSSR count). The molecule has 0 fully saturated rings. The highest BCUT2D eigenvalue weighted by molar-refractivity contribution is 6.81. The number of hydrogen-bond acceptors (Lipinski definition) is 1. The predicted molar refractivity (Wildman–Crippen MR) is 106 cm³/mol. The van der Waals surface area contributed by atoms with Crippen molar-refractivity contribution in [3.05, 3.63) is 59.3 Å². The molecule has 0 aliphatic rings. The summed E-state index contributed by atoms with van der Waals surface area (Å²) >= 11 is 5.80. The van der Waals surface area contributed by atoms with Gasteiger partial charge in [0.25, 0.3) is 0 Å². The van der Waals surface area contributed by atoms with Crippen molar-refractivity contribution in [1.82, 2.24) is 0 Å². The van der Waals surface area contributed by atoms with E-state index in [9.17, 15) is 0 Å². The molecule has 0 saturated heterocycles. The molecule has 0 heterocycles. The summed E-state index contributed by atoms with van der Waals surface area (Å²) in [5.41, 5.74) is 6.41. The monoisotopic (exact) mass is 350 g/mol. The highest BCUT2D eigenvalue weighted by atomic mass is 35.5. The lowest BCUT2D eigenvalue weighted by atomic mass is 10.0. The summed E-state index contributed by atoms with van der Waals surface area (Å²) in [4.78, 5) is 0. The van der Waals surface area contributed by atoms with E-state index in [1.807, 2.05) is 18.2 Å². The molecule has 0 spiro atoms. The van der Waals surface area contributed by atoms with Crippen LogP contribution in [0, 0.1) is 0 Å². The minimum absolute atomic E-state index is 0.632. The molecule has 0 amide bonds. The molecule has 0 aliphatic heterocycles. The van der Waals surface area contributed by atoms with Gasteiger partial charge in [0.2, 0.25) is 0 Å². The van der Waals surface area contributed by atoms with Crippen molar-refractivity contribution in [3.63, 3.8) is 0 Å². The van der Waals surface area contributed by atoms with Crippen LogP contribution in [0.2, 0.25) is 19.6 Å². The van der Waals surface area contributed by atoms with Crippen LogP contribution in [0.5, 0.6) is 0 Å². The Morgan fingerprint density at radius 2 is 1.87 bits per heavy atom. The van der Waals surface area contributed by atoms with Crippen LogP contribution in [0.4, 0.5) is 0 Å². The third-order valence-electron chi connectivity index (χ3n) is 3.41. The second-order valence-electron chi connectivity index (χ2n) is 7.22. The third kappa shape index (κ3) is 10.5. The van der Waals surface area contributed by atoms with E-state index in [0.717, 1.165) is 37.1 Å². The van der Waals surface area contributed by atoms with E-state index in [1.54, 1.807) is 0 Å². The molecule has 0 atom stereocenters. The first-order chi connectivity index (χ1) is 10.9. The largest absolute Gasteiger partial charge is 0.372 e. The van der Waals surface area contributed by atoms with Crippen molar-refractivity contribution < 1.29 is 4.74 Å². The third-order valence-corrected chi connectivity index (χ3v) is 4.95. The van der Waals surface area contributed by atoms with E-state index in [2.05, 4.69) is 44.1 Å². The molecule has 0 saturated carbocycles. The molecule has 0 radical (unpaired) electrons. The Bertz CT molecular complexity index is 488. The molecule has 0 bridgehead atoms. The average Bonchev–Trinajstić information content (AvgIpc) is 2.47. The number of alkyl halides is 1. The highest BCUT2D eigenvalue weighted by Gasteiger charge is 2.12. The minimum atomic E-state index is -1.21. The van der Waals surface area contributed by atoms with Gasteiger partial charge in [-0.2, -0.15) is 0 Å². The second-order valence-corrected chi connectivity index (χ2v) is 12.6. The van der Waals surface area contributed by atoms with Crippen LogP contribution < -0.4 is 0 Å². The fourth-order valence-electron chi connectivity index (χ4n) is 2.53. The smallest absolute Gasteiger partial charge is 0.0721 e. The quantitative estimate of drug-likeness (QED) is 0.195. The number of rotatable bonds is 11. The molecule has 0 aromatic heterocycles. The van der Waals surface area contributed by atoms with Gasteiger partial charge in [-0.05, 0) is 36.8 Å². The summed E-state index contributed by atoms with van der Waals surface area (Å²) in [6, 6.07) is 10.3. The molecule has 1 aromatic rings. The van der Waals surface area contributed by atoms with Crippen LogP contribution in [-0.2, 0) is 11.3 Å². The molecule has 1 nitrogen and oxygen atoms in total. The standard InChI is InChI=1S/C20H31ClOSi/c1-18(15-22-16-19-10-6-5-7-11-19)14-20(12-8-9-13-21)17-23(2,3)4/h5-7,10-11,17H,1,8-9,12-16H2,2-4H3. The number of benzene rings is 1. The van der Waals surface area contributed by atoms with Crippen molar-refractivity contribution in [2.45, 2.75) is 51.9 Å². The lowest BCUT2D eigenvalue weighted by molar-refractivity contribution is 0.141. The predicted octanol–water partition coefficient (Wildman–Crippen LogP) is 6.36. The van der Waals surface area contributed by atoms with Crippen LogP contribution in [0.1, 0.15) is 31.2 Å². The Labute approximate surface area is 148 Å². The van der Waals surface area contributed by atoms with Gasteiger partial charge in [0, 0.05) is 5.88 Å². The van der Waals surface area contributed by atoms with Gasteiger partial charge >= 0.3 is 0 Å². The first-order valence-corrected chi connectivity index (χ1v) is 12.6. The van der Waals surface area contributed by atoms with E-state index in [0.29, 0.717) is 13.2 Å². The van der Waals surface area contributed by atoms with Crippen LogP contribution in [0.3, 0.4) is 0 Å². The fourth-order valence-corrected chi connectivity index (χ4v) is 4.19. The maximum Gasteiger partial charge on any atom is 0.0721 e. The van der Waals surface area contributed by atoms with Crippen LogP contribution in [0.15, 0.2) is 53.8 Å². The number of ether oxygens (including phenoxy) is 1. The van der Waals surface area contributed by atoms with Crippen molar-refractivity contribution in [2.75, 3.05) is 12.5 Å². The van der Waals surface area contributed by atoms with Crippen LogP contribution >= 0.6 is 11.6 Å². The zero-order valence-electron chi connectivity index (χ0n) is 14.9. The van der Waals surface area contributed by atoms with Crippen molar-refractivity contribution in [1.29, 1.82) is 0 Å². The topological polar surface area (TPSA) is 9.23 Å². The highest BCUT2D eigenvalue weighted by Crippen LogP contribution is 2.20. The minimum Gasteiger partial charge on any atom is -0.372 e. The number of hydrogen-bond donors (Lipinski definition) is 0. The van der Waals surface area contributed by atoms with Gasteiger partial charge < -0.3 is 4.74 Å². The Kier molecular flexibility index (Phi) is 9.54. The molecule has 0 aliphatic carbocycles. The zero-order valence-corrected chi connectivity index (χ0v) is 16.7. The second kappa shape index (κ2) is 10.9. The Morgan fingerprint density at radius 1 is 1.17 bits per heavy atom. The molecule has 0 N–H and O–H groups in total. The number of allylic oxidation sites excluding steroid dienone is 1. The van der Waals surface area contributed by atoms with E-state index in [4.69, 9.17) is 16.3 Å². The van der Waals surface area contributed by atoms with Gasteiger partial charge in [-0.1, -0.05) is 67.8 Å². The molecule has 1 aromatic carbocycles. The summed E-state index contributed by atoms with van der Waals surface area (Å²) in [6.45, 7) is 12.6. The van der Waals surface area contributed by atoms with E-state index < -0.39 is 8.07 Å². The summed E-state index contributed by atoms with van der Waals surface area (Å²) < 4.78 is 5.80. The first kappa shape index (κ1) is 20.2. The van der Waals surface area contributed by atoms with Gasteiger partial charge in [-0.3, -0.25) is 0 Å². The van der Waals surface area contributed by atoms with Gasteiger partial charge in [0.15, 0.2) is 0 Å². The van der Waals surface area contributed by atoms with Crippen molar-refractivity contribution >= 4 is 19.7 Å². The average molecular weight is 351 g/mol. The van der Waals surface area contributed by atoms with E-state index in [-0.39, 0.29) is 0 Å². The first-order valence-electron chi connectivity index (χ1n) is 8.45. The maximum absolute atomic E-state index is 5.80. The van der Waals surface area contributed by atoms with Crippen LogP contribution in [-0.4, -0.2) is 20.6 Å². The molecule has 23 heavy (non-hydrogen) atoms. The maximum atomic E-state index is 5.80. The normalized spacial score (nSPS) is 12.4. The summed E-state index contributed by atoms with van der Waals surface area (Å²) in [7, 11) is -1.21. The van der Waals surface area contributed by atoms with Crippen molar-refractivity contribution in [2.24, 2.45) is 0 Å². The van der Waals surface area contributed by atoms with Gasteiger partial charge in [0.05, 0.1) is 21.3 Å². The Morgan fingerprint density at radius 3 is 2.48 bits per heavy atom. The van der Waals surface area contributed by atoms with Crippen LogP contribution in [0.25, 0.3) is 0 Å². The fraction of sp³-hybridized carbons (Fsp3) is 0.500. The van der Waals surface area contributed by atoms with Gasteiger partial charge in [0.1, 0.15) is 0 Å². The summed E-state index contributed by atoms with van der Waals surface area (Å²) in [6.07, 6.45) is 4.34. The van der Waals surface area contributed by atoms with Crippen molar-refractivity contribution in [3.8, 4) is 0 Å². The molecule has 0 unspecified atom stereocenters. The Balaban J connectivity index is 2.44. The lowest BCUT2D eigenvalue weighted by Crippen LogP contribution is -2.17. The van der Waals surface area contributed by atoms with E-state index in [1.165, 1.54) is 11.1 Å². The number of unbranched alkanes of at least 4 members (excludes halogenated alkanes) is 1. The van der Waals surface area contributed by atoms with Gasteiger partial charge in [-0.25, -0.2) is 0 Å². The Hall–Kier alpha value is -0.833. The molecule has 128 valence electrons. The molecular formula is C20H31ClOSi. The summed E-state index contributed by atoms with van der Waals surface area (Å²) in [5, 5.41) is 0. The number of halogens is 1. The zero-order chi connectivity index (χ0) is 17.1. The molecule has 3 heteroatoms. The SMILES string of the molecule is C=C(COCc1ccccc1)CC(=C[Si](C)(C)C)CCCCCl. The summed E-state index contributed by atoms with van der Waals surface area (Å²) in [5.74, 6) is 0.751. The van der Waals surface area contributed by atoms with E-state index >= 15 is 0 Å². The molecular weight excluding hydrogens is 320 g/mol.